The minimum atomic E-state index is -0.643. The highest BCUT2D eigenvalue weighted by molar-refractivity contribution is 6.07. The maximum atomic E-state index is 12.2. The van der Waals surface area contributed by atoms with Gasteiger partial charge in [0, 0.05) is 7.05 Å². The molecule has 0 spiro atoms. The second kappa shape index (κ2) is 8.21. The number of hydrogen-bond acceptors (Lipinski definition) is 7. The fraction of sp³-hybridized carbons (Fsp3) is 0.158. The van der Waals surface area contributed by atoms with Gasteiger partial charge in [0.25, 0.3) is 0 Å². The Hall–Kier alpha value is -3.88. The molecule has 3 rings (SSSR count). The molecule has 0 saturated heterocycles. The second-order valence-electron chi connectivity index (χ2n) is 5.76. The van der Waals surface area contributed by atoms with Crippen LogP contribution in [-0.2, 0) is 13.7 Å². The van der Waals surface area contributed by atoms with Crippen molar-refractivity contribution in [3.05, 3.63) is 76.0 Å². The van der Waals surface area contributed by atoms with Crippen LogP contribution in [0.1, 0.15) is 22.0 Å². The summed E-state index contributed by atoms with van der Waals surface area (Å²) in [4.78, 5) is 22.5. The number of nitrogens with zero attached hydrogens (tertiary/aromatic N) is 3. The third-order valence-corrected chi connectivity index (χ3v) is 3.76. The molecule has 0 aliphatic carbocycles. The van der Waals surface area contributed by atoms with Crippen LogP contribution < -0.4 is 9.47 Å². The first-order valence-corrected chi connectivity index (χ1v) is 8.22. The van der Waals surface area contributed by atoms with E-state index in [9.17, 15) is 14.9 Å². The molecular formula is C19H17N3O6. The van der Waals surface area contributed by atoms with Crippen LogP contribution in [0, 0.1) is 10.1 Å². The molecule has 2 aromatic heterocycles. The molecule has 0 aliphatic heterocycles. The molecule has 2 heterocycles. The zero-order chi connectivity index (χ0) is 20.1. The van der Waals surface area contributed by atoms with Crippen LogP contribution in [-0.4, -0.2) is 27.6 Å². The SMILES string of the molecule is COc1ccc(OCc2ccc(/C=C/C(=O)c3nn(C)cc3[N+](=O)[O-])o2)cc1. The number of ether oxygens (including phenoxy) is 2. The highest BCUT2D eigenvalue weighted by atomic mass is 16.6. The lowest BCUT2D eigenvalue weighted by atomic mass is 10.2. The van der Waals surface area contributed by atoms with Crippen molar-refractivity contribution in [1.82, 2.24) is 9.78 Å². The molecule has 28 heavy (non-hydrogen) atoms. The van der Waals surface area contributed by atoms with E-state index in [1.807, 2.05) is 0 Å². The van der Waals surface area contributed by atoms with Crippen molar-refractivity contribution in [1.29, 1.82) is 0 Å². The third-order valence-electron chi connectivity index (χ3n) is 3.76. The molecule has 3 aromatic rings. The summed E-state index contributed by atoms with van der Waals surface area (Å²) in [5.41, 5.74) is -0.566. The number of carbonyl (C=O) groups excluding carboxylic acids is 1. The maximum Gasteiger partial charge on any atom is 0.318 e. The molecular weight excluding hydrogens is 366 g/mol. The molecule has 0 amide bonds. The largest absolute Gasteiger partial charge is 0.497 e. The average molecular weight is 383 g/mol. The van der Waals surface area contributed by atoms with E-state index in [2.05, 4.69) is 5.10 Å². The Labute approximate surface area is 159 Å². The zero-order valence-corrected chi connectivity index (χ0v) is 15.2. The van der Waals surface area contributed by atoms with Crippen LogP contribution >= 0.6 is 0 Å². The highest BCUT2D eigenvalue weighted by Crippen LogP contribution is 2.20. The first kappa shape index (κ1) is 18.9. The predicted octanol–water partition coefficient (Wildman–Crippen LogP) is 3.41. The van der Waals surface area contributed by atoms with Gasteiger partial charge in [0.2, 0.25) is 11.5 Å². The van der Waals surface area contributed by atoms with Crippen LogP contribution in [0.4, 0.5) is 5.69 Å². The number of allylic oxidation sites excluding steroid dienone is 1. The fourth-order valence-corrected chi connectivity index (χ4v) is 2.41. The minimum Gasteiger partial charge on any atom is -0.497 e. The van der Waals surface area contributed by atoms with Crippen molar-refractivity contribution in [2.45, 2.75) is 6.61 Å². The van der Waals surface area contributed by atoms with E-state index >= 15 is 0 Å². The van der Waals surface area contributed by atoms with Gasteiger partial charge in [0.05, 0.1) is 12.0 Å². The number of hydrogen-bond donors (Lipinski definition) is 0. The average Bonchev–Trinajstić information content (AvgIpc) is 3.31. The van der Waals surface area contributed by atoms with Crippen LogP contribution in [0.5, 0.6) is 11.5 Å². The van der Waals surface area contributed by atoms with Crippen molar-refractivity contribution >= 4 is 17.5 Å². The lowest BCUT2D eigenvalue weighted by Gasteiger charge is -2.05. The van der Waals surface area contributed by atoms with Gasteiger partial charge in [-0.3, -0.25) is 19.6 Å². The van der Waals surface area contributed by atoms with Crippen LogP contribution in [0.3, 0.4) is 0 Å². The summed E-state index contributed by atoms with van der Waals surface area (Å²) in [7, 11) is 3.10. The summed E-state index contributed by atoms with van der Waals surface area (Å²) in [6.45, 7) is 0.208. The van der Waals surface area contributed by atoms with Gasteiger partial charge < -0.3 is 13.9 Å². The van der Waals surface area contributed by atoms with E-state index in [1.165, 1.54) is 30.1 Å². The standard InChI is InChI=1S/C19H17N3O6/c1-21-11-17(22(24)25)19(20-21)18(23)10-9-15-7-8-16(28-15)12-27-14-5-3-13(26-2)4-6-14/h3-11H,12H2,1-2H3/b10-9+. The smallest absolute Gasteiger partial charge is 0.318 e. The molecule has 0 atom stereocenters. The topological polar surface area (TPSA) is 110 Å². The molecule has 9 nitrogen and oxygen atoms in total. The monoisotopic (exact) mass is 383 g/mol. The summed E-state index contributed by atoms with van der Waals surface area (Å²) in [5.74, 6) is 1.79. The highest BCUT2D eigenvalue weighted by Gasteiger charge is 2.23. The number of carbonyl (C=O) groups is 1. The second-order valence-corrected chi connectivity index (χ2v) is 5.76. The molecule has 0 saturated carbocycles. The van der Waals surface area contributed by atoms with Crippen molar-refractivity contribution in [3.63, 3.8) is 0 Å². The molecule has 1 aromatic carbocycles. The summed E-state index contributed by atoms with van der Waals surface area (Å²) >= 11 is 0. The van der Waals surface area contributed by atoms with Crippen LogP contribution in [0.25, 0.3) is 6.08 Å². The van der Waals surface area contributed by atoms with E-state index in [-0.39, 0.29) is 18.0 Å². The summed E-state index contributed by atoms with van der Waals surface area (Å²) in [6, 6.07) is 10.5. The Morgan fingerprint density at radius 2 is 1.96 bits per heavy atom. The summed E-state index contributed by atoms with van der Waals surface area (Å²) in [5, 5.41) is 14.8. The van der Waals surface area contributed by atoms with E-state index in [1.54, 1.807) is 43.5 Å². The molecule has 0 bridgehead atoms. The number of ketones is 1. The lowest BCUT2D eigenvalue weighted by molar-refractivity contribution is -0.385. The Morgan fingerprint density at radius 3 is 2.64 bits per heavy atom. The van der Waals surface area contributed by atoms with Gasteiger partial charge in [-0.2, -0.15) is 5.10 Å². The van der Waals surface area contributed by atoms with E-state index in [0.717, 1.165) is 5.75 Å². The number of nitro groups is 1. The van der Waals surface area contributed by atoms with E-state index < -0.39 is 10.7 Å². The molecule has 0 radical (unpaired) electrons. The Bertz CT molecular complexity index is 1020. The summed E-state index contributed by atoms with van der Waals surface area (Å²) in [6.07, 6.45) is 3.79. The van der Waals surface area contributed by atoms with Gasteiger partial charge in [-0.25, -0.2) is 0 Å². The number of rotatable bonds is 8. The van der Waals surface area contributed by atoms with Gasteiger partial charge in [0.1, 0.15) is 35.8 Å². The maximum absolute atomic E-state index is 12.2. The van der Waals surface area contributed by atoms with Crippen molar-refractivity contribution in [2.75, 3.05) is 7.11 Å². The predicted molar refractivity (Wildman–Crippen MR) is 99.3 cm³/mol. The molecule has 9 heteroatoms. The number of aromatic nitrogens is 2. The van der Waals surface area contributed by atoms with Gasteiger partial charge in [0.15, 0.2) is 0 Å². The number of methoxy groups -OCH3 is 1. The van der Waals surface area contributed by atoms with Crippen LogP contribution in [0.2, 0.25) is 0 Å². The van der Waals surface area contributed by atoms with Crippen molar-refractivity contribution in [2.24, 2.45) is 7.05 Å². The normalized spacial score (nSPS) is 10.9. The number of aryl methyl sites for hydroxylation is 1. The Kier molecular flexibility index (Phi) is 5.54. The summed E-state index contributed by atoms with van der Waals surface area (Å²) < 4.78 is 17.5. The zero-order valence-electron chi connectivity index (χ0n) is 15.2. The Balaban J connectivity index is 1.62. The van der Waals surface area contributed by atoms with E-state index in [4.69, 9.17) is 13.9 Å². The van der Waals surface area contributed by atoms with Crippen LogP contribution in [0.15, 0.2) is 53.1 Å². The van der Waals surface area contributed by atoms with Gasteiger partial charge in [-0.05, 0) is 48.6 Å². The minimum absolute atomic E-state index is 0.208. The number of furan rings is 1. The van der Waals surface area contributed by atoms with Gasteiger partial charge >= 0.3 is 5.69 Å². The lowest BCUT2D eigenvalue weighted by Crippen LogP contribution is -2.00. The molecule has 144 valence electrons. The van der Waals surface area contributed by atoms with E-state index in [0.29, 0.717) is 17.3 Å². The quantitative estimate of drug-likeness (QED) is 0.254. The van der Waals surface area contributed by atoms with Gasteiger partial charge in [-0.15, -0.1) is 0 Å². The fourth-order valence-electron chi connectivity index (χ4n) is 2.41. The molecule has 0 fully saturated rings. The first-order valence-electron chi connectivity index (χ1n) is 8.22. The van der Waals surface area contributed by atoms with Crippen molar-refractivity contribution in [3.8, 4) is 11.5 Å². The Morgan fingerprint density at radius 1 is 1.25 bits per heavy atom. The first-order chi connectivity index (χ1) is 13.5. The molecule has 0 aliphatic rings. The number of benzene rings is 1. The molecule has 0 N–H and O–H groups in total. The van der Waals surface area contributed by atoms with Gasteiger partial charge in [-0.1, -0.05) is 0 Å². The van der Waals surface area contributed by atoms with Crippen molar-refractivity contribution < 1.29 is 23.6 Å². The molecule has 0 unspecified atom stereocenters. The third kappa shape index (κ3) is 4.44.